The maximum absolute atomic E-state index is 12.3. The molecule has 2 saturated heterocycles. The molecule has 2 aliphatic rings. The van der Waals surface area contributed by atoms with E-state index in [2.05, 4.69) is 10.3 Å². The van der Waals surface area contributed by atoms with Crippen LogP contribution >= 0.6 is 11.8 Å². The highest BCUT2D eigenvalue weighted by Gasteiger charge is 2.35. The number of hydrogen-bond acceptors (Lipinski definition) is 4. The van der Waals surface area contributed by atoms with Gasteiger partial charge in [0.05, 0.1) is 5.75 Å². The first kappa shape index (κ1) is 14.4. The van der Waals surface area contributed by atoms with Crippen LogP contribution in [0.2, 0.25) is 0 Å². The fraction of sp³-hybridized carbons (Fsp3) is 0.533. The van der Waals surface area contributed by atoms with E-state index >= 15 is 0 Å². The van der Waals surface area contributed by atoms with Crippen LogP contribution in [0.4, 0.5) is 0 Å². The van der Waals surface area contributed by atoms with Crippen molar-refractivity contribution in [3.63, 3.8) is 0 Å². The lowest BCUT2D eigenvalue weighted by Gasteiger charge is -2.41. The molecule has 1 aromatic rings. The van der Waals surface area contributed by atoms with Crippen molar-refractivity contribution in [3.05, 3.63) is 24.5 Å². The third-order valence-electron chi connectivity index (χ3n) is 4.19. The number of pyridine rings is 1. The lowest BCUT2D eigenvalue weighted by Crippen LogP contribution is -2.55. The molecular weight excluding hydrogens is 286 g/mol. The van der Waals surface area contributed by atoms with Gasteiger partial charge in [-0.1, -0.05) is 0 Å². The molecule has 0 bridgehead atoms. The van der Waals surface area contributed by atoms with Crippen LogP contribution in [0.5, 0.6) is 0 Å². The van der Waals surface area contributed by atoms with Crippen molar-refractivity contribution in [1.29, 1.82) is 0 Å². The van der Waals surface area contributed by atoms with Crippen molar-refractivity contribution >= 4 is 23.6 Å². The molecule has 0 radical (unpaired) electrons. The number of aromatic nitrogens is 1. The van der Waals surface area contributed by atoms with E-state index in [0.717, 1.165) is 30.8 Å². The molecule has 0 aromatic carbocycles. The highest BCUT2D eigenvalue weighted by Crippen LogP contribution is 2.26. The van der Waals surface area contributed by atoms with Crippen LogP contribution in [0.1, 0.15) is 19.3 Å². The summed E-state index contributed by atoms with van der Waals surface area (Å²) >= 11 is 1.55. The second-order valence-electron chi connectivity index (χ2n) is 5.57. The fourth-order valence-electron chi connectivity index (χ4n) is 3.01. The molecule has 3 heterocycles. The van der Waals surface area contributed by atoms with Crippen LogP contribution < -0.4 is 5.32 Å². The Morgan fingerprint density at radius 1 is 1.38 bits per heavy atom. The normalized spacial score (nSPS) is 25.1. The minimum absolute atomic E-state index is 0.157. The van der Waals surface area contributed by atoms with Crippen molar-refractivity contribution < 1.29 is 9.59 Å². The van der Waals surface area contributed by atoms with Gasteiger partial charge in [-0.3, -0.25) is 14.6 Å². The summed E-state index contributed by atoms with van der Waals surface area (Å²) in [6, 6.07) is 4.10. The molecular formula is C15H19N3O2S. The first-order valence-corrected chi connectivity index (χ1v) is 8.31. The van der Waals surface area contributed by atoms with Gasteiger partial charge in [0.1, 0.15) is 0 Å². The maximum atomic E-state index is 12.3. The zero-order valence-electron chi connectivity index (χ0n) is 11.8. The third-order valence-corrected chi connectivity index (χ3v) is 5.18. The Labute approximate surface area is 128 Å². The molecule has 2 fully saturated rings. The third kappa shape index (κ3) is 3.56. The van der Waals surface area contributed by atoms with Crippen LogP contribution in [0.25, 0.3) is 0 Å². The first-order valence-electron chi connectivity index (χ1n) is 7.32. The second-order valence-corrected chi connectivity index (χ2v) is 6.62. The Bertz CT molecular complexity index is 523. The molecule has 2 aliphatic heterocycles. The summed E-state index contributed by atoms with van der Waals surface area (Å²) < 4.78 is 0. The zero-order chi connectivity index (χ0) is 14.7. The summed E-state index contributed by atoms with van der Waals surface area (Å²) in [4.78, 5) is 30.7. The van der Waals surface area contributed by atoms with Crippen LogP contribution in [0, 0.1) is 5.92 Å². The van der Waals surface area contributed by atoms with E-state index in [0.29, 0.717) is 18.1 Å². The van der Waals surface area contributed by atoms with E-state index in [1.807, 2.05) is 17.0 Å². The van der Waals surface area contributed by atoms with E-state index in [9.17, 15) is 9.59 Å². The lowest BCUT2D eigenvalue weighted by atomic mass is 9.85. The van der Waals surface area contributed by atoms with Gasteiger partial charge in [-0.25, -0.2) is 0 Å². The number of rotatable bonds is 3. The SMILES string of the molecule is O=C1CCC2CN(C(=O)CSc3ccncc3)CCC2N1. The van der Waals surface area contributed by atoms with Crippen LogP contribution in [-0.2, 0) is 9.59 Å². The number of nitrogens with zero attached hydrogens (tertiary/aromatic N) is 2. The molecule has 6 heteroatoms. The van der Waals surface area contributed by atoms with Gasteiger partial charge in [0.2, 0.25) is 11.8 Å². The Hall–Kier alpha value is -1.56. The molecule has 2 amide bonds. The van der Waals surface area contributed by atoms with Crippen molar-refractivity contribution in [2.45, 2.75) is 30.2 Å². The molecule has 1 aromatic heterocycles. The van der Waals surface area contributed by atoms with Crippen LogP contribution in [0.3, 0.4) is 0 Å². The number of piperidine rings is 2. The predicted octanol–water partition coefficient (Wildman–Crippen LogP) is 1.30. The number of nitrogens with one attached hydrogen (secondary N) is 1. The molecule has 112 valence electrons. The first-order chi connectivity index (χ1) is 10.2. The molecule has 0 spiro atoms. The van der Waals surface area contributed by atoms with Crippen LogP contribution in [0.15, 0.2) is 29.4 Å². The largest absolute Gasteiger partial charge is 0.353 e. The average Bonchev–Trinajstić information content (AvgIpc) is 2.53. The van der Waals surface area contributed by atoms with Gasteiger partial charge in [0.15, 0.2) is 0 Å². The van der Waals surface area contributed by atoms with Crippen molar-refractivity contribution in [1.82, 2.24) is 15.2 Å². The van der Waals surface area contributed by atoms with Crippen molar-refractivity contribution in [2.24, 2.45) is 5.92 Å². The predicted molar refractivity (Wildman–Crippen MR) is 80.8 cm³/mol. The fourth-order valence-corrected chi connectivity index (χ4v) is 3.79. The van der Waals surface area contributed by atoms with E-state index < -0.39 is 0 Å². The lowest BCUT2D eigenvalue weighted by molar-refractivity contribution is -0.132. The molecule has 21 heavy (non-hydrogen) atoms. The summed E-state index contributed by atoms with van der Waals surface area (Å²) in [5.41, 5.74) is 0. The van der Waals surface area contributed by atoms with E-state index in [1.165, 1.54) is 0 Å². The number of hydrogen-bond donors (Lipinski definition) is 1. The summed E-state index contributed by atoms with van der Waals surface area (Å²) in [6.07, 6.45) is 5.85. The van der Waals surface area contributed by atoms with Crippen molar-refractivity contribution in [3.8, 4) is 0 Å². The number of carbonyl (C=O) groups excluding carboxylic acids is 2. The molecule has 0 saturated carbocycles. The van der Waals surface area contributed by atoms with Gasteiger partial charge in [-0.2, -0.15) is 0 Å². The average molecular weight is 305 g/mol. The second kappa shape index (κ2) is 6.47. The minimum atomic E-state index is 0.157. The Balaban J connectivity index is 1.51. The molecule has 3 rings (SSSR count). The molecule has 1 N–H and O–H groups in total. The molecule has 2 atom stereocenters. The monoisotopic (exact) mass is 305 g/mol. The summed E-state index contributed by atoms with van der Waals surface area (Å²) in [5.74, 6) is 1.23. The number of thioether (sulfide) groups is 1. The minimum Gasteiger partial charge on any atom is -0.353 e. The van der Waals surface area contributed by atoms with Gasteiger partial charge in [0.25, 0.3) is 0 Å². The van der Waals surface area contributed by atoms with Gasteiger partial charge < -0.3 is 10.2 Å². The van der Waals surface area contributed by atoms with Crippen LogP contribution in [-0.4, -0.2) is 46.6 Å². The maximum Gasteiger partial charge on any atom is 0.232 e. The zero-order valence-corrected chi connectivity index (χ0v) is 12.6. The highest BCUT2D eigenvalue weighted by molar-refractivity contribution is 8.00. The Morgan fingerprint density at radius 2 is 2.19 bits per heavy atom. The van der Waals surface area contributed by atoms with Gasteiger partial charge in [0, 0.05) is 42.8 Å². The molecule has 5 nitrogen and oxygen atoms in total. The molecule has 2 unspecified atom stereocenters. The number of carbonyl (C=O) groups is 2. The van der Waals surface area contributed by atoms with Gasteiger partial charge in [-0.15, -0.1) is 11.8 Å². The number of fused-ring (bicyclic) bond motifs is 1. The standard InChI is InChI=1S/C15H19N3O2S/c19-14-2-1-11-9-18(8-5-13(11)17-14)15(20)10-21-12-3-6-16-7-4-12/h3-4,6-7,11,13H,1-2,5,8-10H2,(H,17,19). The van der Waals surface area contributed by atoms with E-state index in [-0.39, 0.29) is 17.9 Å². The smallest absolute Gasteiger partial charge is 0.232 e. The van der Waals surface area contributed by atoms with E-state index in [4.69, 9.17) is 0 Å². The van der Waals surface area contributed by atoms with Gasteiger partial charge >= 0.3 is 0 Å². The van der Waals surface area contributed by atoms with Gasteiger partial charge in [-0.05, 0) is 30.9 Å². The summed E-state index contributed by atoms with van der Waals surface area (Å²) in [7, 11) is 0. The topological polar surface area (TPSA) is 62.3 Å². The van der Waals surface area contributed by atoms with Crippen molar-refractivity contribution in [2.75, 3.05) is 18.8 Å². The highest BCUT2D eigenvalue weighted by atomic mass is 32.2. The van der Waals surface area contributed by atoms with E-state index in [1.54, 1.807) is 24.2 Å². The summed E-state index contributed by atoms with van der Waals surface area (Å²) in [6.45, 7) is 1.53. The molecule has 0 aliphatic carbocycles. The number of amides is 2. The Morgan fingerprint density at radius 3 is 3.00 bits per heavy atom. The summed E-state index contributed by atoms with van der Waals surface area (Å²) in [5, 5.41) is 3.05. The Kier molecular flexibility index (Phi) is 4.43. The quantitative estimate of drug-likeness (QED) is 0.855. The number of likely N-dealkylation sites (tertiary alicyclic amines) is 1.